The molecule has 0 aromatic carbocycles. The molecule has 4 nitrogen and oxygen atoms in total. The van der Waals surface area contributed by atoms with E-state index >= 15 is 0 Å². The van der Waals surface area contributed by atoms with Gasteiger partial charge in [0.15, 0.2) is 0 Å². The van der Waals surface area contributed by atoms with Gasteiger partial charge >= 0.3 is 5.97 Å². The Bertz CT molecular complexity index is 213. The minimum atomic E-state index is -0.658. The van der Waals surface area contributed by atoms with Crippen LogP contribution in [0.25, 0.3) is 0 Å². The van der Waals surface area contributed by atoms with Crippen LogP contribution in [0.3, 0.4) is 0 Å². The zero-order valence-electron chi connectivity index (χ0n) is 10.4. The van der Waals surface area contributed by atoms with E-state index in [2.05, 4.69) is 10.2 Å². The molecule has 0 saturated carbocycles. The summed E-state index contributed by atoms with van der Waals surface area (Å²) >= 11 is 0. The molecule has 2 N–H and O–H groups in total. The number of nitrogens with zero attached hydrogens (tertiary/aromatic N) is 1. The maximum Gasteiger partial charge on any atom is 0.320 e. The van der Waals surface area contributed by atoms with Crippen LogP contribution in [0.2, 0.25) is 0 Å². The van der Waals surface area contributed by atoms with Crippen LogP contribution in [0.1, 0.15) is 32.6 Å². The summed E-state index contributed by atoms with van der Waals surface area (Å²) < 4.78 is 0. The second kappa shape index (κ2) is 6.86. The second-order valence-electron chi connectivity index (χ2n) is 4.68. The SMILES string of the molecule is CCCC(C(=O)O)N1CCC(CNC)CC1. The van der Waals surface area contributed by atoms with Crippen LogP contribution >= 0.6 is 0 Å². The number of carboxylic acid groups (broad SMARTS) is 1. The maximum atomic E-state index is 11.1. The van der Waals surface area contributed by atoms with E-state index in [9.17, 15) is 9.90 Å². The molecule has 0 amide bonds. The quantitative estimate of drug-likeness (QED) is 0.716. The fourth-order valence-corrected chi connectivity index (χ4v) is 2.49. The van der Waals surface area contributed by atoms with Gasteiger partial charge in [0, 0.05) is 0 Å². The van der Waals surface area contributed by atoms with E-state index in [-0.39, 0.29) is 6.04 Å². The molecule has 0 aliphatic carbocycles. The minimum absolute atomic E-state index is 0.263. The number of likely N-dealkylation sites (tertiary alicyclic amines) is 1. The van der Waals surface area contributed by atoms with E-state index < -0.39 is 5.97 Å². The van der Waals surface area contributed by atoms with Gasteiger partial charge in [-0.25, -0.2) is 0 Å². The fourth-order valence-electron chi connectivity index (χ4n) is 2.49. The molecule has 1 rings (SSSR count). The highest BCUT2D eigenvalue weighted by molar-refractivity contribution is 5.73. The van der Waals surface area contributed by atoms with E-state index in [0.29, 0.717) is 0 Å². The molecule has 1 saturated heterocycles. The molecular weight excluding hydrogens is 204 g/mol. The number of carbonyl (C=O) groups is 1. The Morgan fingerprint density at radius 2 is 2.12 bits per heavy atom. The van der Waals surface area contributed by atoms with Crippen molar-refractivity contribution in [1.29, 1.82) is 0 Å². The van der Waals surface area contributed by atoms with Crippen LogP contribution in [-0.2, 0) is 4.79 Å². The predicted octanol–water partition coefficient (Wildman–Crippen LogP) is 1.17. The van der Waals surface area contributed by atoms with E-state index in [4.69, 9.17) is 0 Å². The molecule has 0 aromatic heterocycles. The van der Waals surface area contributed by atoms with Crippen LogP contribution in [0.5, 0.6) is 0 Å². The van der Waals surface area contributed by atoms with Crippen molar-refractivity contribution in [3.63, 3.8) is 0 Å². The number of hydrogen-bond donors (Lipinski definition) is 2. The lowest BCUT2D eigenvalue weighted by atomic mass is 9.95. The average Bonchev–Trinajstić information content (AvgIpc) is 2.27. The molecule has 1 aliphatic rings. The number of nitrogens with one attached hydrogen (secondary N) is 1. The van der Waals surface area contributed by atoms with Crippen molar-refractivity contribution in [3.8, 4) is 0 Å². The van der Waals surface area contributed by atoms with Crippen LogP contribution in [0, 0.1) is 5.92 Å². The first-order valence-corrected chi connectivity index (χ1v) is 6.30. The second-order valence-corrected chi connectivity index (χ2v) is 4.68. The summed E-state index contributed by atoms with van der Waals surface area (Å²) in [6.07, 6.45) is 3.95. The van der Waals surface area contributed by atoms with Gasteiger partial charge in [0.25, 0.3) is 0 Å². The number of rotatable bonds is 6. The molecule has 1 atom stereocenters. The number of carboxylic acids is 1. The van der Waals surface area contributed by atoms with Gasteiger partial charge in [-0.15, -0.1) is 0 Å². The first-order chi connectivity index (χ1) is 7.69. The molecule has 0 bridgehead atoms. The Morgan fingerprint density at radius 1 is 1.50 bits per heavy atom. The van der Waals surface area contributed by atoms with E-state index in [1.807, 2.05) is 14.0 Å². The topological polar surface area (TPSA) is 52.6 Å². The molecule has 1 heterocycles. The van der Waals surface area contributed by atoms with Crippen molar-refractivity contribution in [3.05, 3.63) is 0 Å². The Kier molecular flexibility index (Phi) is 5.77. The first-order valence-electron chi connectivity index (χ1n) is 6.30. The van der Waals surface area contributed by atoms with Crippen molar-refractivity contribution in [1.82, 2.24) is 10.2 Å². The van der Waals surface area contributed by atoms with Crippen molar-refractivity contribution in [2.45, 2.75) is 38.6 Å². The summed E-state index contributed by atoms with van der Waals surface area (Å²) in [5.74, 6) is 0.0613. The molecule has 1 fully saturated rings. The lowest BCUT2D eigenvalue weighted by Gasteiger charge is -2.35. The molecule has 1 unspecified atom stereocenters. The van der Waals surface area contributed by atoms with Crippen LogP contribution in [-0.4, -0.2) is 48.7 Å². The van der Waals surface area contributed by atoms with Gasteiger partial charge in [-0.05, 0) is 51.9 Å². The van der Waals surface area contributed by atoms with Gasteiger partial charge in [0.05, 0.1) is 0 Å². The Balaban J connectivity index is 2.41. The molecule has 1 aliphatic heterocycles. The van der Waals surface area contributed by atoms with Gasteiger partial charge in [-0.1, -0.05) is 13.3 Å². The van der Waals surface area contributed by atoms with Gasteiger partial charge in [-0.2, -0.15) is 0 Å². The third-order valence-electron chi connectivity index (χ3n) is 3.43. The monoisotopic (exact) mass is 228 g/mol. The van der Waals surface area contributed by atoms with Crippen molar-refractivity contribution in [2.24, 2.45) is 5.92 Å². The zero-order chi connectivity index (χ0) is 12.0. The molecule has 0 radical (unpaired) electrons. The van der Waals surface area contributed by atoms with Gasteiger partial charge < -0.3 is 10.4 Å². The standard InChI is InChI=1S/C12H24N2O2/c1-3-4-11(12(15)16)14-7-5-10(6-8-14)9-13-2/h10-11,13H,3-9H2,1-2H3,(H,15,16). The molecular formula is C12H24N2O2. The first kappa shape index (κ1) is 13.5. The minimum Gasteiger partial charge on any atom is -0.480 e. The van der Waals surface area contributed by atoms with Crippen LogP contribution < -0.4 is 5.32 Å². The highest BCUT2D eigenvalue weighted by Crippen LogP contribution is 2.20. The molecule has 0 spiro atoms. The lowest BCUT2D eigenvalue weighted by Crippen LogP contribution is -2.46. The summed E-state index contributed by atoms with van der Waals surface area (Å²) in [5, 5.41) is 12.4. The summed E-state index contributed by atoms with van der Waals surface area (Å²) in [4.78, 5) is 13.3. The molecule has 0 aromatic rings. The highest BCUT2D eigenvalue weighted by Gasteiger charge is 2.28. The summed E-state index contributed by atoms with van der Waals surface area (Å²) in [6, 6.07) is -0.263. The summed E-state index contributed by atoms with van der Waals surface area (Å²) in [5.41, 5.74) is 0. The summed E-state index contributed by atoms with van der Waals surface area (Å²) in [6.45, 7) is 4.97. The van der Waals surface area contributed by atoms with Gasteiger partial charge in [0.2, 0.25) is 0 Å². The summed E-state index contributed by atoms with van der Waals surface area (Å²) in [7, 11) is 1.98. The Hall–Kier alpha value is -0.610. The molecule has 16 heavy (non-hydrogen) atoms. The fraction of sp³-hybridized carbons (Fsp3) is 0.917. The largest absolute Gasteiger partial charge is 0.480 e. The van der Waals surface area contributed by atoms with Crippen molar-refractivity contribution in [2.75, 3.05) is 26.7 Å². The third-order valence-corrected chi connectivity index (χ3v) is 3.43. The third kappa shape index (κ3) is 3.76. The van der Waals surface area contributed by atoms with E-state index in [0.717, 1.165) is 51.2 Å². The predicted molar refractivity (Wildman–Crippen MR) is 64.6 cm³/mol. The van der Waals surface area contributed by atoms with Gasteiger partial charge in [-0.3, -0.25) is 9.69 Å². The number of hydrogen-bond acceptors (Lipinski definition) is 3. The zero-order valence-corrected chi connectivity index (χ0v) is 10.4. The normalized spacial score (nSPS) is 20.9. The average molecular weight is 228 g/mol. The van der Waals surface area contributed by atoms with E-state index in [1.165, 1.54) is 0 Å². The maximum absolute atomic E-state index is 11.1. The van der Waals surface area contributed by atoms with E-state index in [1.54, 1.807) is 0 Å². The van der Waals surface area contributed by atoms with Crippen LogP contribution in [0.4, 0.5) is 0 Å². The van der Waals surface area contributed by atoms with Gasteiger partial charge in [0.1, 0.15) is 6.04 Å². The lowest BCUT2D eigenvalue weighted by molar-refractivity contribution is -0.144. The van der Waals surface area contributed by atoms with Crippen molar-refractivity contribution >= 4 is 5.97 Å². The molecule has 94 valence electrons. The van der Waals surface area contributed by atoms with Crippen molar-refractivity contribution < 1.29 is 9.90 Å². The Labute approximate surface area is 98.0 Å². The smallest absolute Gasteiger partial charge is 0.320 e. The highest BCUT2D eigenvalue weighted by atomic mass is 16.4. The number of piperidine rings is 1. The Morgan fingerprint density at radius 3 is 2.56 bits per heavy atom. The number of aliphatic carboxylic acids is 1. The van der Waals surface area contributed by atoms with Crippen LogP contribution in [0.15, 0.2) is 0 Å². The molecule has 4 heteroatoms.